The number of amides is 1. The van der Waals surface area contributed by atoms with E-state index in [4.69, 9.17) is 5.73 Å². The lowest BCUT2D eigenvalue weighted by Gasteiger charge is -2.29. The Labute approximate surface area is 197 Å². The Morgan fingerprint density at radius 1 is 0.824 bits per heavy atom. The van der Waals surface area contributed by atoms with Crippen molar-refractivity contribution in [1.82, 2.24) is 14.3 Å². The van der Waals surface area contributed by atoms with Crippen molar-refractivity contribution in [3.05, 3.63) is 102 Å². The number of carbonyl (C=O) groups is 1. The molecule has 5 aromatic rings. The molecule has 2 heterocycles. The number of benzene rings is 3. The van der Waals surface area contributed by atoms with Crippen LogP contribution in [0.25, 0.3) is 21.8 Å². The van der Waals surface area contributed by atoms with Gasteiger partial charge in [0, 0.05) is 46.3 Å². The molecule has 5 rings (SSSR count). The van der Waals surface area contributed by atoms with Gasteiger partial charge in [-0.25, -0.2) is 8.42 Å². The van der Waals surface area contributed by atoms with Gasteiger partial charge >= 0.3 is 0 Å². The first-order valence-electron chi connectivity index (χ1n) is 10.9. The van der Waals surface area contributed by atoms with Gasteiger partial charge in [-0.05, 0) is 36.2 Å². The van der Waals surface area contributed by atoms with Crippen molar-refractivity contribution in [3.8, 4) is 0 Å². The normalized spacial score (nSPS) is 13.0. The number of hydrogen-bond donors (Lipinski definition) is 3. The third-order valence-electron chi connectivity index (χ3n) is 6.10. The van der Waals surface area contributed by atoms with Crippen molar-refractivity contribution < 1.29 is 13.2 Å². The number of nitrogens with one attached hydrogen (secondary N) is 2. The zero-order valence-electron chi connectivity index (χ0n) is 18.3. The quantitative estimate of drug-likeness (QED) is 0.316. The molecule has 0 fully saturated rings. The number of nitrogens with two attached hydrogens (primary N) is 1. The minimum Gasteiger partial charge on any atom is -0.368 e. The number of sulfonamides is 1. The smallest absolute Gasteiger partial charge is 0.244 e. The third-order valence-corrected chi connectivity index (χ3v) is 7.98. The zero-order valence-corrected chi connectivity index (χ0v) is 19.1. The molecular weight excluding hydrogens is 448 g/mol. The van der Waals surface area contributed by atoms with Crippen LogP contribution in [0.1, 0.15) is 17.2 Å². The molecule has 4 N–H and O–H groups in total. The first kappa shape index (κ1) is 21.9. The molecule has 0 bridgehead atoms. The summed E-state index contributed by atoms with van der Waals surface area (Å²) in [5.41, 5.74) is 9.14. The van der Waals surface area contributed by atoms with Crippen LogP contribution < -0.4 is 5.73 Å². The van der Waals surface area contributed by atoms with Gasteiger partial charge in [0.2, 0.25) is 15.9 Å². The minimum absolute atomic E-state index is 0.0756. The molecule has 0 saturated carbocycles. The summed E-state index contributed by atoms with van der Waals surface area (Å²) in [5.74, 6) is -0.733. The third kappa shape index (κ3) is 3.87. The molecule has 1 atom stereocenters. The Kier molecular flexibility index (Phi) is 5.69. The van der Waals surface area contributed by atoms with Crippen LogP contribution in [0.15, 0.2) is 96.2 Å². The fraction of sp³-hybridized carbons (Fsp3) is 0.115. The number of aromatic amines is 2. The summed E-state index contributed by atoms with van der Waals surface area (Å²) in [7, 11) is -4.04. The van der Waals surface area contributed by atoms with E-state index >= 15 is 0 Å². The highest BCUT2D eigenvalue weighted by Crippen LogP contribution is 2.33. The molecule has 1 unspecified atom stereocenters. The zero-order chi connectivity index (χ0) is 23.7. The van der Waals surface area contributed by atoms with Crippen LogP contribution in [0, 0.1) is 0 Å². The maximum absolute atomic E-state index is 13.8. The summed E-state index contributed by atoms with van der Waals surface area (Å²) in [6.45, 7) is 0.0756. The second-order valence-electron chi connectivity index (χ2n) is 8.13. The fourth-order valence-corrected chi connectivity index (χ4v) is 6.05. The van der Waals surface area contributed by atoms with E-state index in [2.05, 4.69) is 9.97 Å². The largest absolute Gasteiger partial charge is 0.368 e. The summed E-state index contributed by atoms with van der Waals surface area (Å²) in [6, 6.07) is 22.2. The molecule has 0 saturated heterocycles. The lowest BCUT2D eigenvalue weighted by Crippen LogP contribution is -2.42. The van der Waals surface area contributed by atoms with Crippen LogP contribution >= 0.6 is 0 Å². The van der Waals surface area contributed by atoms with E-state index in [9.17, 15) is 13.2 Å². The van der Waals surface area contributed by atoms with Gasteiger partial charge in [-0.1, -0.05) is 54.6 Å². The second-order valence-corrected chi connectivity index (χ2v) is 10.0. The molecule has 8 heteroatoms. The Bertz CT molecular complexity index is 1570. The average Bonchev–Trinajstić information content (AvgIpc) is 3.46. The lowest BCUT2D eigenvalue weighted by atomic mass is 10.0. The van der Waals surface area contributed by atoms with Gasteiger partial charge in [0.05, 0.1) is 4.90 Å². The van der Waals surface area contributed by atoms with E-state index in [1.54, 1.807) is 24.4 Å². The van der Waals surface area contributed by atoms with Gasteiger partial charge in [-0.15, -0.1) is 0 Å². The topological polar surface area (TPSA) is 112 Å². The molecular formula is C26H24N4O3S. The second kappa shape index (κ2) is 8.81. The molecule has 0 spiro atoms. The van der Waals surface area contributed by atoms with Crippen LogP contribution in [0.2, 0.25) is 0 Å². The molecule has 172 valence electrons. The Balaban J connectivity index is 1.61. The number of para-hydroxylation sites is 2. The highest BCUT2D eigenvalue weighted by Gasteiger charge is 2.37. The van der Waals surface area contributed by atoms with Crippen molar-refractivity contribution >= 4 is 37.7 Å². The fourth-order valence-electron chi connectivity index (χ4n) is 4.46. The number of hydrogen-bond acceptors (Lipinski definition) is 3. The van der Waals surface area contributed by atoms with Crippen molar-refractivity contribution in [2.75, 3.05) is 6.54 Å². The number of H-pyrrole nitrogens is 2. The Morgan fingerprint density at radius 3 is 2.12 bits per heavy atom. The molecule has 1 amide bonds. The number of rotatable bonds is 8. The van der Waals surface area contributed by atoms with Crippen molar-refractivity contribution in [3.63, 3.8) is 0 Å². The van der Waals surface area contributed by atoms with Gasteiger partial charge in [-0.3, -0.25) is 4.79 Å². The monoisotopic (exact) mass is 472 g/mol. The summed E-state index contributed by atoms with van der Waals surface area (Å²) < 4.78 is 28.9. The van der Waals surface area contributed by atoms with E-state index in [1.165, 1.54) is 16.4 Å². The maximum Gasteiger partial charge on any atom is 0.244 e. The molecule has 7 nitrogen and oxygen atoms in total. The summed E-state index contributed by atoms with van der Waals surface area (Å²) in [5, 5.41) is 1.77. The minimum atomic E-state index is -4.04. The van der Waals surface area contributed by atoms with E-state index in [0.717, 1.165) is 27.4 Å². The van der Waals surface area contributed by atoms with Crippen molar-refractivity contribution in [2.24, 2.45) is 5.73 Å². The van der Waals surface area contributed by atoms with Gasteiger partial charge in [0.15, 0.2) is 0 Å². The highest BCUT2D eigenvalue weighted by atomic mass is 32.2. The van der Waals surface area contributed by atoms with Gasteiger partial charge < -0.3 is 15.7 Å². The molecule has 0 radical (unpaired) electrons. The molecule has 0 aliphatic carbocycles. The Morgan fingerprint density at radius 2 is 1.41 bits per heavy atom. The molecule has 3 aromatic carbocycles. The Hall–Kier alpha value is -3.88. The predicted octanol–water partition coefficient (Wildman–Crippen LogP) is 4.11. The predicted molar refractivity (Wildman–Crippen MR) is 133 cm³/mol. The highest BCUT2D eigenvalue weighted by molar-refractivity contribution is 7.89. The molecule has 34 heavy (non-hydrogen) atoms. The summed E-state index contributed by atoms with van der Waals surface area (Å²) in [6.07, 6.45) is 3.95. The first-order valence-corrected chi connectivity index (χ1v) is 12.4. The standard InChI is InChI=1S/C26H24N4O3S/c27-26(31)25(22-17-29-24-13-7-5-11-21(22)24)30(34(32,33)19-8-2-1-3-9-19)15-14-18-16-28-23-12-6-4-10-20(18)23/h1-13,16-17,25,28-29H,14-15H2,(H2,27,31). The number of primary amides is 1. The van der Waals surface area contributed by atoms with Crippen LogP contribution in [0.3, 0.4) is 0 Å². The van der Waals surface area contributed by atoms with Crippen molar-refractivity contribution in [2.45, 2.75) is 17.4 Å². The van der Waals surface area contributed by atoms with E-state index in [0.29, 0.717) is 12.0 Å². The summed E-state index contributed by atoms with van der Waals surface area (Å²) in [4.78, 5) is 19.3. The van der Waals surface area contributed by atoms with Crippen LogP contribution in [0.5, 0.6) is 0 Å². The maximum atomic E-state index is 13.8. The first-order chi connectivity index (χ1) is 16.5. The van der Waals surface area contributed by atoms with E-state index < -0.39 is 22.0 Å². The van der Waals surface area contributed by atoms with Gasteiger partial charge in [0.1, 0.15) is 6.04 Å². The van der Waals surface area contributed by atoms with Crippen LogP contribution in [-0.4, -0.2) is 35.1 Å². The van der Waals surface area contributed by atoms with Crippen molar-refractivity contribution in [1.29, 1.82) is 0 Å². The van der Waals surface area contributed by atoms with E-state index in [-0.39, 0.29) is 11.4 Å². The van der Waals surface area contributed by atoms with Crippen LogP contribution in [-0.2, 0) is 21.2 Å². The SMILES string of the molecule is NC(=O)C(c1c[nH]c2ccccc12)N(CCc1c[nH]c2ccccc12)S(=O)(=O)c1ccccc1. The number of aromatic nitrogens is 2. The van der Waals surface area contributed by atoms with Gasteiger partial charge in [0.25, 0.3) is 0 Å². The summed E-state index contributed by atoms with van der Waals surface area (Å²) >= 11 is 0. The lowest BCUT2D eigenvalue weighted by molar-refractivity contribution is -0.121. The number of nitrogens with zero attached hydrogens (tertiary/aromatic N) is 1. The molecule has 2 aromatic heterocycles. The van der Waals surface area contributed by atoms with Gasteiger partial charge in [-0.2, -0.15) is 4.31 Å². The van der Waals surface area contributed by atoms with Crippen LogP contribution in [0.4, 0.5) is 0 Å². The molecule has 0 aliphatic rings. The molecule has 0 aliphatic heterocycles. The average molecular weight is 473 g/mol. The number of carbonyl (C=O) groups excluding carboxylic acids is 1. The number of fused-ring (bicyclic) bond motifs is 2. The van der Waals surface area contributed by atoms with E-state index in [1.807, 2.05) is 54.7 Å².